The Balaban J connectivity index is 2.27. The van der Waals surface area contributed by atoms with Crippen LogP contribution in [0.3, 0.4) is 0 Å². The van der Waals surface area contributed by atoms with Crippen LogP contribution in [0.15, 0.2) is 6.07 Å². The highest BCUT2D eigenvalue weighted by Gasteiger charge is 2.32. The monoisotopic (exact) mass is 269 g/mol. The summed E-state index contributed by atoms with van der Waals surface area (Å²) in [4.78, 5) is 11.0. The summed E-state index contributed by atoms with van der Waals surface area (Å²) in [5.74, 6) is 1.68. The summed E-state index contributed by atoms with van der Waals surface area (Å²) < 4.78 is 5.89. The van der Waals surface area contributed by atoms with Gasteiger partial charge in [0, 0.05) is 25.6 Å². The van der Waals surface area contributed by atoms with Crippen molar-refractivity contribution < 1.29 is 4.74 Å². The molecule has 0 spiro atoms. The van der Waals surface area contributed by atoms with Gasteiger partial charge in [0.05, 0.1) is 11.7 Å². The maximum atomic E-state index is 6.05. The first-order valence-electron chi connectivity index (χ1n) is 6.36. The molecule has 0 radical (unpaired) electrons. The minimum atomic E-state index is -0.165. The average Bonchev–Trinajstić information content (AvgIpc) is 2.25. The second kappa shape index (κ2) is 5.02. The quantitative estimate of drug-likeness (QED) is 0.774. The Kier molecular flexibility index (Phi) is 3.78. The van der Waals surface area contributed by atoms with E-state index in [9.17, 15) is 0 Å². The van der Waals surface area contributed by atoms with Crippen LogP contribution in [-0.4, -0.2) is 34.8 Å². The lowest BCUT2D eigenvalue weighted by Gasteiger charge is -2.42. The molecule has 1 saturated heterocycles. The van der Waals surface area contributed by atoms with Crippen LogP contribution in [0.4, 0.5) is 5.82 Å². The summed E-state index contributed by atoms with van der Waals surface area (Å²) in [6.45, 7) is 9.95. The van der Waals surface area contributed by atoms with E-state index in [1.165, 1.54) is 0 Å². The van der Waals surface area contributed by atoms with Gasteiger partial charge >= 0.3 is 0 Å². The number of halogens is 1. The van der Waals surface area contributed by atoms with Gasteiger partial charge in [-0.2, -0.15) is 0 Å². The SMILES string of the molecule is CCc1nc(Cl)cc(N2CC(C)OC(C)(C)C2)n1. The molecule has 100 valence electrons. The van der Waals surface area contributed by atoms with Gasteiger partial charge in [0.2, 0.25) is 0 Å². The van der Waals surface area contributed by atoms with Crippen molar-refractivity contribution in [3.8, 4) is 0 Å². The predicted octanol–water partition coefficient (Wildman–Crippen LogP) is 2.70. The maximum absolute atomic E-state index is 6.05. The second-order valence-corrected chi connectivity index (χ2v) is 5.77. The Morgan fingerprint density at radius 2 is 2.22 bits per heavy atom. The zero-order chi connectivity index (χ0) is 13.3. The average molecular weight is 270 g/mol. The van der Waals surface area contributed by atoms with E-state index < -0.39 is 0 Å². The zero-order valence-electron chi connectivity index (χ0n) is 11.4. The topological polar surface area (TPSA) is 38.2 Å². The molecule has 18 heavy (non-hydrogen) atoms. The van der Waals surface area contributed by atoms with Crippen LogP contribution in [0.2, 0.25) is 5.15 Å². The summed E-state index contributed by atoms with van der Waals surface area (Å²) in [7, 11) is 0. The Bertz CT molecular complexity index is 436. The standard InChI is InChI=1S/C13H20ClN3O/c1-5-11-15-10(14)6-12(16-11)17-7-9(2)18-13(3,4)8-17/h6,9H,5,7-8H2,1-4H3. The van der Waals surface area contributed by atoms with Crippen LogP contribution >= 0.6 is 11.6 Å². The largest absolute Gasteiger partial charge is 0.369 e. The van der Waals surface area contributed by atoms with Gasteiger partial charge in [-0.05, 0) is 20.8 Å². The fourth-order valence-electron chi connectivity index (χ4n) is 2.40. The highest BCUT2D eigenvalue weighted by Crippen LogP contribution is 2.26. The summed E-state index contributed by atoms with van der Waals surface area (Å²) in [5.41, 5.74) is -0.165. The van der Waals surface area contributed by atoms with Crippen LogP contribution in [0, 0.1) is 0 Å². The maximum Gasteiger partial charge on any atom is 0.134 e. The Hall–Kier alpha value is -0.870. The lowest BCUT2D eigenvalue weighted by molar-refractivity contribution is -0.0751. The molecule has 0 N–H and O–H groups in total. The van der Waals surface area contributed by atoms with Crippen LogP contribution in [-0.2, 0) is 11.2 Å². The van der Waals surface area contributed by atoms with Gasteiger partial charge in [0.25, 0.3) is 0 Å². The van der Waals surface area contributed by atoms with Crippen molar-refractivity contribution in [2.75, 3.05) is 18.0 Å². The van der Waals surface area contributed by atoms with E-state index in [1.54, 1.807) is 0 Å². The Morgan fingerprint density at radius 3 is 2.83 bits per heavy atom. The van der Waals surface area contributed by atoms with Gasteiger partial charge in [-0.25, -0.2) is 9.97 Å². The molecule has 0 bridgehead atoms. The number of aromatic nitrogens is 2. The predicted molar refractivity (Wildman–Crippen MR) is 73.3 cm³/mol. The number of nitrogens with zero attached hydrogens (tertiary/aromatic N) is 3. The summed E-state index contributed by atoms with van der Waals surface area (Å²) in [5, 5.41) is 0.508. The van der Waals surface area contributed by atoms with Crippen LogP contribution in [0.25, 0.3) is 0 Å². The first-order valence-corrected chi connectivity index (χ1v) is 6.73. The first-order chi connectivity index (χ1) is 8.39. The van der Waals surface area contributed by atoms with Gasteiger partial charge in [0.1, 0.15) is 16.8 Å². The van der Waals surface area contributed by atoms with Gasteiger partial charge in [0.15, 0.2) is 0 Å². The number of morpholine rings is 1. The van der Waals surface area contributed by atoms with Crippen LogP contribution in [0.1, 0.15) is 33.5 Å². The van der Waals surface area contributed by atoms with E-state index in [4.69, 9.17) is 16.3 Å². The summed E-state index contributed by atoms with van der Waals surface area (Å²) in [6, 6.07) is 1.83. The van der Waals surface area contributed by atoms with Crippen LogP contribution in [0.5, 0.6) is 0 Å². The molecule has 5 heteroatoms. The molecule has 1 fully saturated rings. The summed E-state index contributed by atoms with van der Waals surface area (Å²) >= 11 is 6.05. The third-order valence-electron chi connectivity index (χ3n) is 2.94. The van der Waals surface area contributed by atoms with Crippen molar-refractivity contribution in [1.82, 2.24) is 9.97 Å². The molecular weight excluding hydrogens is 250 g/mol. The summed E-state index contributed by atoms with van der Waals surface area (Å²) in [6.07, 6.45) is 0.976. The molecule has 1 aliphatic rings. The minimum absolute atomic E-state index is 0.165. The number of aryl methyl sites for hydroxylation is 1. The van der Waals surface area contributed by atoms with Crippen molar-refractivity contribution >= 4 is 17.4 Å². The Labute approximate surface area is 113 Å². The molecule has 0 aliphatic carbocycles. The molecule has 4 nitrogen and oxygen atoms in total. The molecule has 1 atom stereocenters. The van der Waals surface area contributed by atoms with Gasteiger partial charge in [-0.3, -0.25) is 0 Å². The van der Waals surface area contributed by atoms with E-state index in [1.807, 2.05) is 13.0 Å². The lowest BCUT2D eigenvalue weighted by atomic mass is 10.1. The normalized spacial score (nSPS) is 23.2. The van der Waals surface area contributed by atoms with Crippen molar-refractivity contribution in [2.24, 2.45) is 0 Å². The van der Waals surface area contributed by atoms with Crippen LogP contribution < -0.4 is 4.90 Å². The van der Waals surface area contributed by atoms with E-state index in [-0.39, 0.29) is 11.7 Å². The van der Waals surface area contributed by atoms with E-state index in [0.717, 1.165) is 31.2 Å². The third-order valence-corrected chi connectivity index (χ3v) is 3.13. The molecule has 0 amide bonds. The first kappa shape index (κ1) is 13.6. The number of ether oxygens (including phenoxy) is 1. The zero-order valence-corrected chi connectivity index (χ0v) is 12.2. The van der Waals surface area contributed by atoms with E-state index in [2.05, 4.69) is 35.6 Å². The molecule has 1 aromatic rings. The molecule has 0 saturated carbocycles. The highest BCUT2D eigenvalue weighted by molar-refractivity contribution is 6.29. The molecule has 2 rings (SSSR count). The number of hydrogen-bond acceptors (Lipinski definition) is 4. The van der Waals surface area contributed by atoms with Gasteiger partial charge in [-0.15, -0.1) is 0 Å². The minimum Gasteiger partial charge on any atom is -0.369 e. The Morgan fingerprint density at radius 1 is 1.50 bits per heavy atom. The van der Waals surface area contributed by atoms with Crippen molar-refractivity contribution in [2.45, 2.75) is 45.8 Å². The molecule has 1 unspecified atom stereocenters. The molecule has 2 heterocycles. The number of anilines is 1. The van der Waals surface area contributed by atoms with E-state index in [0.29, 0.717) is 5.15 Å². The molecule has 1 aliphatic heterocycles. The fraction of sp³-hybridized carbons (Fsp3) is 0.692. The molecule has 1 aromatic heterocycles. The number of hydrogen-bond donors (Lipinski definition) is 0. The fourth-order valence-corrected chi connectivity index (χ4v) is 2.60. The van der Waals surface area contributed by atoms with Gasteiger partial charge < -0.3 is 9.64 Å². The van der Waals surface area contributed by atoms with Crippen molar-refractivity contribution in [3.05, 3.63) is 17.0 Å². The molecule has 0 aromatic carbocycles. The molecular formula is C13H20ClN3O. The third kappa shape index (κ3) is 3.12. The van der Waals surface area contributed by atoms with E-state index >= 15 is 0 Å². The number of rotatable bonds is 2. The smallest absolute Gasteiger partial charge is 0.134 e. The van der Waals surface area contributed by atoms with Crippen molar-refractivity contribution in [3.63, 3.8) is 0 Å². The van der Waals surface area contributed by atoms with Gasteiger partial charge in [-0.1, -0.05) is 18.5 Å². The highest BCUT2D eigenvalue weighted by atomic mass is 35.5. The van der Waals surface area contributed by atoms with Crippen molar-refractivity contribution in [1.29, 1.82) is 0 Å². The lowest BCUT2D eigenvalue weighted by Crippen LogP contribution is -2.52. The second-order valence-electron chi connectivity index (χ2n) is 5.39.